The summed E-state index contributed by atoms with van der Waals surface area (Å²) in [6.45, 7) is 8.77. The first kappa shape index (κ1) is 13.3. The third-order valence-electron chi connectivity index (χ3n) is 4.34. The van der Waals surface area contributed by atoms with Gasteiger partial charge in [-0.25, -0.2) is 0 Å². The predicted octanol–water partition coefficient (Wildman–Crippen LogP) is 2.43. The van der Waals surface area contributed by atoms with Crippen LogP contribution in [0, 0.1) is 5.41 Å². The first-order valence-corrected chi connectivity index (χ1v) is 6.31. The SMILES string of the molecule is COc1cc(B2CC(C)(C)C(C)(C)O2)ccc1O. The molecule has 98 valence electrons. The molecule has 0 amide bonds. The highest BCUT2D eigenvalue weighted by Crippen LogP contribution is 2.45. The van der Waals surface area contributed by atoms with E-state index in [-0.39, 0.29) is 23.7 Å². The van der Waals surface area contributed by atoms with E-state index in [0.29, 0.717) is 5.75 Å². The van der Waals surface area contributed by atoms with Gasteiger partial charge in [0.25, 0.3) is 0 Å². The maximum atomic E-state index is 9.62. The monoisotopic (exact) mass is 248 g/mol. The summed E-state index contributed by atoms with van der Waals surface area (Å²) in [4.78, 5) is 0. The summed E-state index contributed by atoms with van der Waals surface area (Å²) < 4.78 is 11.3. The van der Waals surface area contributed by atoms with E-state index in [1.54, 1.807) is 13.2 Å². The van der Waals surface area contributed by atoms with Crippen molar-refractivity contribution < 1.29 is 14.5 Å². The Bertz CT molecular complexity index is 438. The van der Waals surface area contributed by atoms with Crippen LogP contribution in [0.3, 0.4) is 0 Å². The van der Waals surface area contributed by atoms with E-state index in [1.165, 1.54) is 0 Å². The molecular formula is C14H21BO3. The number of phenols is 1. The molecule has 1 aromatic rings. The third-order valence-corrected chi connectivity index (χ3v) is 4.34. The Hall–Kier alpha value is -1.16. The number of phenolic OH excluding ortho intramolecular Hbond substituents is 1. The zero-order valence-electron chi connectivity index (χ0n) is 11.8. The zero-order chi connectivity index (χ0) is 13.6. The van der Waals surface area contributed by atoms with Gasteiger partial charge < -0.3 is 14.5 Å². The van der Waals surface area contributed by atoms with E-state index in [4.69, 9.17) is 9.39 Å². The summed E-state index contributed by atoms with van der Waals surface area (Å²) in [7, 11) is 1.56. The minimum atomic E-state index is -0.150. The van der Waals surface area contributed by atoms with Gasteiger partial charge in [0, 0.05) is 0 Å². The Labute approximate surface area is 109 Å². The van der Waals surface area contributed by atoms with Crippen molar-refractivity contribution >= 4 is 12.4 Å². The molecule has 1 fully saturated rings. The van der Waals surface area contributed by atoms with Crippen molar-refractivity contribution in [1.82, 2.24) is 0 Å². The summed E-state index contributed by atoms with van der Waals surface area (Å²) in [5.74, 6) is 0.663. The van der Waals surface area contributed by atoms with Crippen LogP contribution in [0.5, 0.6) is 11.5 Å². The summed E-state index contributed by atoms with van der Waals surface area (Å²) in [5.41, 5.74) is 1.04. The molecule has 1 aliphatic rings. The van der Waals surface area contributed by atoms with Crippen LogP contribution in [0.25, 0.3) is 0 Å². The van der Waals surface area contributed by atoms with Crippen LogP contribution in [-0.2, 0) is 4.65 Å². The summed E-state index contributed by atoms with van der Waals surface area (Å²) in [6, 6.07) is 5.42. The molecule has 1 N–H and O–H groups in total. The van der Waals surface area contributed by atoms with E-state index in [9.17, 15) is 5.11 Å². The number of aromatic hydroxyl groups is 1. The molecule has 0 radical (unpaired) electrons. The second-order valence-electron chi connectivity index (χ2n) is 6.14. The highest BCUT2D eigenvalue weighted by atomic mass is 16.5. The molecule has 0 unspecified atom stereocenters. The molecule has 1 aliphatic heterocycles. The van der Waals surface area contributed by atoms with E-state index in [0.717, 1.165) is 11.8 Å². The minimum Gasteiger partial charge on any atom is -0.504 e. The number of benzene rings is 1. The van der Waals surface area contributed by atoms with E-state index in [1.807, 2.05) is 12.1 Å². The zero-order valence-corrected chi connectivity index (χ0v) is 11.8. The van der Waals surface area contributed by atoms with Crippen molar-refractivity contribution in [1.29, 1.82) is 0 Å². The highest BCUT2D eigenvalue weighted by molar-refractivity contribution is 6.68. The molecule has 0 spiro atoms. The van der Waals surface area contributed by atoms with Gasteiger partial charge in [0.2, 0.25) is 0 Å². The Balaban J connectivity index is 2.30. The van der Waals surface area contributed by atoms with Crippen molar-refractivity contribution in [3.8, 4) is 11.5 Å². The smallest absolute Gasteiger partial charge is 0.328 e. The molecule has 2 rings (SSSR count). The van der Waals surface area contributed by atoms with Gasteiger partial charge in [-0.2, -0.15) is 0 Å². The Morgan fingerprint density at radius 3 is 2.44 bits per heavy atom. The summed E-state index contributed by atoms with van der Waals surface area (Å²) in [5, 5.41) is 9.62. The normalized spacial score (nSPS) is 21.1. The molecule has 0 bridgehead atoms. The molecule has 1 aromatic carbocycles. The fourth-order valence-electron chi connectivity index (χ4n) is 2.35. The van der Waals surface area contributed by atoms with E-state index < -0.39 is 0 Å². The lowest BCUT2D eigenvalue weighted by molar-refractivity contribution is 0.0375. The van der Waals surface area contributed by atoms with Crippen LogP contribution in [-0.4, -0.2) is 24.7 Å². The number of hydrogen-bond acceptors (Lipinski definition) is 3. The molecule has 0 atom stereocenters. The highest BCUT2D eigenvalue weighted by Gasteiger charge is 2.49. The first-order valence-electron chi connectivity index (χ1n) is 6.31. The molecule has 4 heteroatoms. The summed E-state index contributed by atoms with van der Waals surface area (Å²) in [6.07, 6.45) is 0.966. The van der Waals surface area contributed by atoms with Crippen molar-refractivity contribution in [2.24, 2.45) is 5.41 Å². The molecule has 0 aliphatic carbocycles. The third kappa shape index (κ3) is 2.10. The van der Waals surface area contributed by atoms with Crippen LogP contribution >= 0.6 is 0 Å². The van der Waals surface area contributed by atoms with Crippen LogP contribution < -0.4 is 10.2 Å². The molecule has 0 saturated carbocycles. The fraction of sp³-hybridized carbons (Fsp3) is 0.571. The first-order chi connectivity index (χ1) is 8.27. The van der Waals surface area contributed by atoms with Crippen LogP contribution in [0.4, 0.5) is 0 Å². The minimum absolute atomic E-state index is 0.0597. The number of methoxy groups -OCH3 is 1. The molecule has 1 heterocycles. The average molecular weight is 248 g/mol. The van der Waals surface area contributed by atoms with Gasteiger partial charge in [0.15, 0.2) is 11.5 Å². The Morgan fingerprint density at radius 1 is 1.28 bits per heavy atom. The molecule has 18 heavy (non-hydrogen) atoms. The van der Waals surface area contributed by atoms with E-state index >= 15 is 0 Å². The number of hydrogen-bond donors (Lipinski definition) is 1. The second-order valence-corrected chi connectivity index (χ2v) is 6.14. The van der Waals surface area contributed by atoms with Gasteiger partial charge in [-0.3, -0.25) is 0 Å². The van der Waals surface area contributed by atoms with Gasteiger partial charge in [0.1, 0.15) is 0 Å². The quantitative estimate of drug-likeness (QED) is 0.817. The van der Waals surface area contributed by atoms with Gasteiger partial charge in [-0.05, 0) is 43.2 Å². The van der Waals surface area contributed by atoms with Gasteiger partial charge in [0.05, 0.1) is 12.7 Å². The van der Waals surface area contributed by atoms with Crippen LogP contribution in [0.15, 0.2) is 18.2 Å². The lowest BCUT2D eigenvalue weighted by atomic mass is 9.54. The fourth-order valence-corrected chi connectivity index (χ4v) is 2.35. The maximum Gasteiger partial charge on any atom is 0.328 e. The second kappa shape index (κ2) is 4.20. The van der Waals surface area contributed by atoms with Crippen molar-refractivity contribution in [2.75, 3.05) is 7.11 Å². The van der Waals surface area contributed by atoms with E-state index in [2.05, 4.69) is 27.7 Å². The van der Waals surface area contributed by atoms with Gasteiger partial charge in [-0.1, -0.05) is 19.9 Å². The van der Waals surface area contributed by atoms with Crippen molar-refractivity contribution in [3.05, 3.63) is 18.2 Å². The molecule has 1 saturated heterocycles. The van der Waals surface area contributed by atoms with Crippen molar-refractivity contribution in [3.63, 3.8) is 0 Å². The molecule has 0 aromatic heterocycles. The van der Waals surface area contributed by atoms with Crippen molar-refractivity contribution in [2.45, 2.75) is 39.6 Å². The van der Waals surface area contributed by atoms with Crippen LogP contribution in [0.1, 0.15) is 27.7 Å². The van der Waals surface area contributed by atoms with Crippen LogP contribution in [0.2, 0.25) is 6.32 Å². The average Bonchev–Trinajstić information content (AvgIpc) is 2.49. The predicted molar refractivity (Wildman–Crippen MR) is 73.8 cm³/mol. The maximum absolute atomic E-state index is 9.62. The largest absolute Gasteiger partial charge is 0.504 e. The van der Waals surface area contributed by atoms with Gasteiger partial charge >= 0.3 is 6.92 Å². The molecular weight excluding hydrogens is 227 g/mol. The standard InChI is InChI=1S/C14H21BO3/c1-13(2)9-15(18-14(13,3)4)10-6-7-11(16)12(8-10)17-5/h6-8,16H,9H2,1-5H3. The lowest BCUT2D eigenvalue weighted by Gasteiger charge is -2.34. The van der Waals surface area contributed by atoms with Gasteiger partial charge in [-0.15, -0.1) is 0 Å². The number of rotatable bonds is 2. The Kier molecular flexibility index (Phi) is 3.10. The number of ether oxygens (including phenoxy) is 1. The molecule has 3 nitrogen and oxygen atoms in total. The summed E-state index contributed by atoms with van der Waals surface area (Å²) >= 11 is 0. The Morgan fingerprint density at radius 2 is 1.94 bits per heavy atom. The lowest BCUT2D eigenvalue weighted by Crippen LogP contribution is -2.36. The topological polar surface area (TPSA) is 38.7 Å².